The van der Waals surface area contributed by atoms with Crippen LogP contribution >= 0.6 is 0 Å². The summed E-state index contributed by atoms with van der Waals surface area (Å²) in [4.78, 5) is 22.2. The van der Waals surface area contributed by atoms with Gasteiger partial charge in [-0.25, -0.2) is 0 Å². The minimum absolute atomic E-state index is 0.270. The van der Waals surface area contributed by atoms with Crippen molar-refractivity contribution < 1.29 is 19.1 Å². The van der Waals surface area contributed by atoms with Crippen molar-refractivity contribution in [1.29, 1.82) is 0 Å². The smallest absolute Gasteiger partial charge is 0.317 e. The fourth-order valence-electron chi connectivity index (χ4n) is 1.15. The van der Waals surface area contributed by atoms with Gasteiger partial charge in [0.2, 0.25) is 0 Å². The Labute approximate surface area is 97.3 Å². The monoisotopic (exact) mass is 230 g/mol. The van der Waals surface area contributed by atoms with E-state index in [9.17, 15) is 9.59 Å². The van der Waals surface area contributed by atoms with Gasteiger partial charge in [0.15, 0.2) is 0 Å². The summed E-state index contributed by atoms with van der Waals surface area (Å²) >= 11 is 0. The number of unbranched alkanes of at least 4 members (excludes halogenated alkanes) is 3. The molecule has 0 aliphatic carbocycles. The molecule has 0 N–H and O–H groups in total. The first-order chi connectivity index (χ1) is 7.70. The number of hydrogen-bond acceptors (Lipinski definition) is 4. The molecule has 0 aromatic rings. The molecule has 0 bridgehead atoms. The van der Waals surface area contributed by atoms with Crippen molar-refractivity contribution in [2.24, 2.45) is 0 Å². The average Bonchev–Trinajstić information content (AvgIpc) is 2.26. The van der Waals surface area contributed by atoms with Crippen LogP contribution in [0.4, 0.5) is 0 Å². The second-order valence-electron chi connectivity index (χ2n) is 3.68. The maximum Gasteiger partial charge on any atom is 0.317 e. The van der Waals surface area contributed by atoms with Crippen LogP contribution in [0.1, 0.15) is 52.4 Å². The molecule has 0 saturated carbocycles. The van der Waals surface area contributed by atoms with Crippen LogP contribution in [0.3, 0.4) is 0 Å². The third kappa shape index (κ3) is 9.49. The van der Waals surface area contributed by atoms with Gasteiger partial charge in [-0.3, -0.25) is 9.59 Å². The van der Waals surface area contributed by atoms with Crippen LogP contribution in [-0.2, 0) is 19.1 Å². The van der Waals surface area contributed by atoms with Gasteiger partial charge in [-0.05, 0) is 12.8 Å². The first-order valence-corrected chi connectivity index (χ1v) is 6.02. The molecule has 0 saturated heterocycles. The Kier molecular flexibility index (Phi) is 9.76. The molecular weight excluding hydrogens is 208 g/mol. The lowest BCUT2D eigenvalue weighted by Crippen LogP contribution is -2.14. The molecule has 16 heavy (non-hydrogen) atoms. The predicted octanol–water partition coefficient (Wildman–Crippen LogP) is 2.45. The van der Waals surface area contributed by atoms with Crippen LogP contribution in [-0.4, -0.2) is 25.2 Å². The van der Waals surface area contributed by atoms with E-state index in [2.05, 4.69) is 6.92 Å². The lowest BCUT2D eigenvalue weighted by atomic mass is 10.2. The predicted molar refractivity (Wildman–Crippen MR) is 61.0 cm³/mol. The third-order valence-corrected chi connectivity index (χ3v) is 2.02. The van der Waals surface area contributed by atoms with Crippen LogP contribution in [0.25, 0.3) is 0 Å². The fraction of sp³-hybridized carbons (Fsp3) is 0.833. The van der Waals surface area contributed by atoms with E-state index in [4.69, 9.17) is 9.47 Å². The van der Waals surface area contributed by atoms with Crippen LogP contribution in [0, 0.1) is 0 Å². The zero-order chi connectivity index (χ0) is 12.2. The maximum absolute atomic E-state index is 11.1. The molecule has 4 heteroatoms. The summed E-state index contributed by atoms with van der Waals surface area (Å²) in [5.74, 6) is -0.988. The number of hydrogen-bond donors (Lipinski definition) is 0. The molecule has 0 spiro atoms. The standard InChI is InChI=1S/C12H22O4/c1-3-5-6-7-9-16-12(14)10-11(13)15-8-4-2/h3-10H2,1-2H3. The third-order valence-electron chi connectivity index (χ3n) is 2.02. The number of carbonyl (C=O) groups excluding carboxylic acids is 2. The van der Waals surface area contributed by atoms with Gasteiger partial charge in [-0.15, -0.1) is 0 Å². The number of carbonyl (C=O) groups is 2. The van der Waals surface area contributed by atoms with Gasteiger partial charge in [0, 0.05) is 0 Å². The minimum Gasteiger partial charge on any atom is -0.465 e. The van der Waals surface area contributed by atoms with E-state index in [1.165, 1.54) is 0 Å². The number of ether oxygens (including phenoxy) is 2. The molecule has 0 aromatic carbocycles. The zero-order valence-corrected chi connectivity index (χ0v) is 10.3. The molecule has 94 valence electrons. The molecular formula is C12H22O4. The number of esters is 2. The van der Waals surface area contributed by atoms with Crippen LogP contribution in [0.2, 0.25) is 0 Å². The van der Waals surface area contributed by atoms with Gasteiger partial charge in [0.25, 0.3) is 0 Å². The highest BCUT2D eigenvalue weighted by molar-refractivity contribution is 5.91. The normalized spacial score (nSPS) is 9.88. The second kappa shape index (κ2) is 10.5. The van der Waals surface area contributed by atoms with Crippen molar-refractivity contribution in [2.45, 2.75) is 52.4 Å². The molecule has 0 aliphatic rings. The highest BCUT2D eigenvalue weighted by Crippen LogP contribution is 2.00. The summed E-state index contributed by atoms with van der Waals surface area (Å²) in [5, 5.41) is 0. The Hall–Kier alpha value is -1.06. The van der Waals surface area contributed by atoms with Gasteiger partial charge in [-0.2, -0.15) is 0 Å². The quantitative estimate of drug-likeness (QED) is 0.347. The SMILES string of the molecule is CCCCCCOC(=O)CC(=O)OCCC. The highest BCUT2D eigenvalue weighted by Gasteiger charge is 2.11. The lowest BCUT2D eigenvalue weighted by Gasteiger charge is -2.04. The Morgan fingerprint density at radius 1 is 0.812 bits per heavy atom. The number of rotatable bonds is 9. The Balaban J connectivity index is 3.40. The van der Waals surface area contributed by atoms with Crippen LogP contribution in [0.5, 0.6) is 0 Å². The molecule has 0 aromatic heterocycles. The van der Waals surface area contributed by atoms with Gasteiger partial charge >= 0.3 is 11.9 Å². The molecule has 0 atom stereocenters. The van der Waals surface area contributed by atoms with Crippen molar-refractivity contribution in [3.63, 3.8) is 0 Å². The molecule has 0 aliphatic heterocycles. The topological polar surface area (TPSA) is 52.6 Å². The summed E-state index contributed by atoms with van der Waals surface area (Å²) in [6.45, 7) is 4.79. The first kappa shape index (κ1) is 14.9. The van der Waals surface area contributed by atoms with Gasteiger partial charge < -0.3 is 9.47 Å². The molecule has 0 radical (unpaired) electrons. The Morgan fingerprint density at radius 3 is 2.00 bits per heavy atom. The lowest BCUT2D eigenvalue weighted by molar-refractivity contribution is -0.154. The molecule has 0 rings (SSSR count). The van der Waals surface area contributed by atoms with E-state index in [1.807, 2.05) is 6.92 Å². The Bertz CT molecular complexity index is 201. The highest BCUT2D eigenvalue weighted by atomic mass is 16.6. The summed E-state index contributed by atoms with van der Waals surface area (Å²) in [5.41, 5.74) is 0. The summed E-state index contributed by atoms with van der Waals surface area (Å²) in [6, 6.07) is 0. The molecule has 0 amide bonds. The minimum atomic E-state index is -0.500. The summed E-state index contributed by atoms with van der Waals surface area (Å²) in [7, 11) is 0. The maximum atomic E-state index is 11.1. The summed E-state index contributed by atoms with van der Waals surface area (Å²) < 4.78 is 9.67. The summed E-state index contributed by atoms with van der Waals surface area (Å²) in [6.07, 6.45) is 4.71. The fourth-order valence-corrected chi connectivity index (χ4v) is 1.15. The van der Waals surface area contributed by atoms with Gasteiger partial charge in [0.05, 0.1) is 13.2 Å². The van der Waals surface area contributed by atoms with E-state index in [0.717, 1.165) is 32.1 Å². The van der Waals surface area contributed by atoms with Crippen molar-refractivity contribution in [2.75, 3.05) is 13.2 Å². The van der Waals surface area contributed by atoms with E-state index >= 15 is 0 Å². The van der Waals surface area contributed by atoms with Gasteiger partial charge in [-0.1, -0.05) is 33.1 Å². The second-order valence-corrected chi connectivity index (χ2v) is 3.68. The van der Waals surface area contributed by atoms with Crippen molar-refractivity contribution >= 4 is 11.9 Å². The van der Waals surface area contributed by atoms with Crippen LogP contribution in [0.15, 0.2) is 0 Å². The van der Waals surface area contributed by atoms with E-state index in [0.29, 0.717) is 13.2 Å². The van der Waals surface area contributed by atoms with Gasteiger partial charge in [0.1, 0.15) is 6.42 Å². The van der Waals surface area contributed by atoms with E-state index in [1.54, 1.807) is 0 Å². The van der Waals surface area contributed by atoms with Crippen molar-refractivity contribution in [3.05, 3.63) is 0 Å². The first-order valence-electron chi connectivity index (χ1n) is 6.02. The molecule has 4 nitrogen and oxygen atoms in total. The van der Waals surface area contributed by atoms with E-state index in [-0.39, 0.29) is 6.42 Å². The van der Waals surface area contributed by atoms with Crippen LogP contribution < -0.4 is 0 Å². The molecule has 0 fully saturated rings. The van der Waals surface area contributed by atoms with E-state index < -0.39 is 11.9 Å². The Morgan fingerprint density at radius 2 is 1.44 bits per heavy atom. The largest absolute Gasteiger partial charge is 0.465 e. The van der Waals surface area contributed by atoms with Crippen molar-refractivity contribution in [3.8, 4) is 0 Å². The molecule has 0 heterocycles. The zero-order valence-electron chi connectivity index (χ0n) is 10.3. The molecule has 0 unspecified atom stereocenters. The van der Waals surface area contributed by atoms with Crippen molar-refractivity contribution in [1.82, 2.24) is 0 Å². The average molecular weight is 230 g/mol.